The molecule has 61 heavy (non-hydrogen) atoms. The summed E-state index contributed by atoms with van der Waals surface area (Å²) < 4.78 is 16.7. The van der Waals surface area contributed by atoms with Gasteiger partial charge in [-0.3, -0.25) is 14.4 Å². The molecule has 0 heterocycles. The van der Waals surface area contributed by atoms with Crippen LogP contribution < -0.4 is 0 Å². The van der Waals surface area contributed by atoms with Gasteiger partial charge in [-0.1, -0.05) is 222 Å². The second-order valence-electron chi connectivity index (χ2n) is 16.8. The summed E-state index contributed by atoms with van der Waals surface area (Å²) in [6.07, 6.45) is 61.8. The van der Waals surface area contributed by atoms with Crippen LogP contribution >= 0.6 is 0 Å². The molecule has 0 amide bonds. The summed E-state index contributed by atoms with van der Waals surface area (Å²) >= 11 is 0. The zero-order chi connectivity index (χ0) is 44.4. The second kappa shape index (κ2) is 49.5. The summed E-state index contributed by atoms with van der Waals surface area (Å²) in [5, 5.41) is 0. The van der Waals surface area contributed by atoms with Gasteiger partial charge in [-0.05, 0) is 70.6 Å². The van der Waals surface area contributed by atoms with E-state index in [1.807, 2.05) is 0 Å². The van der Waals surface area contributed by atoms with Crippen molar-refractivity contribution in [3.63, 3.8) is 0 Å². The van der Waals surface area contributed by atoms with Crippen molar-refractivity contribution < 1.29 is 28.6 Å². The average Bonchev–Trinajstić information content (AvgIpc) is 3.26. The Hall–Kier alpha value is -3.15. The Morgan fingerprint density at radius 2 is 0.721 bits per heavy atom. The first-order chi connectivity index (χ1) is 30.0. The Morgan fingerprint density at radius 1 is 0.361 bits per heavy atom. The highest BCUT2D eigenvalue weighted by Gasteiger charge is 2.19. The Balaban J connectivity index is 4.47. The van der Waals surface area contributed by atoms with E-state index in [0.717, 1.165) is 83.5 Å². The molecule has 0 aromatic rings. The van der Waals surface area contributed by atoms with Crippen LogP contribution in [-0.2, 0) is 28.6 Å². The largest absolute Gasteiger partial charge is 0.462 e. The van der Waals surface area contributed by atoms with Crippen LogP contribution in [0.15, 0.2) is 72.9 Å². The van der Waals surface area contributed by atoms with Gasteiger partial charge in [-0.2, -0.15) is 0 Å². The SMILES string of the molecule is CC/C=C/C=C/C=C/CCCCCCCC(=O)OC(COC(=O)CCC/C=C/C/C=C/C/C=C/CCCCCCCC)COC(=O)CCCCCCCCCCCCCCC. The third-order valence-electron chi connectivity index (χ3n) is 10.8. The summed E-state index contributed by atoms with van der Waals surface area (Å²) in [5.74, 6) is -0.973. The summed E-state index contributed by atoms with van der Waals surface area (Å²) in [5.41, 5.74) is 0. The number of unbranched alkanes of at least 4 members (excludes halogenated alkanes) is 24. The highest BCUT2D eigenvalue weighted by molar-refractivity contribution is 5.71. The first-order valence-electron chi connectivity index (χ1n) is 25.5. The first kappa shape index (κ1) is 57.9. The van der Waals surface area contributed by atoms with Crippen molar-refractivity contribution in [3.05, 3.63) is 72.9 Å². The van der Waals surface area contributed by atoms with Gasteiger partial charge in [0, 0.05) is 19.3 Å². The molecule has 0 spiro atoms. The minimum atomic E-state index is -0.803. The molecule has 0 fully saturated rings. The smallest absolute Gasteiger partial charge is 0.306 e. The van der Waals surface area contributed by atoms with Crippen molar-refractivity contribution in [1.82, 2.24) is 0 Å². The molecule has 0 saturated heterocycles. The van der Waals surface area contributed by atoms with Crippen LogP contribution in [0, 0.1) is 0 Å². The van der Waals surface area contributed by atoms with Gasteiger partial charge in [0.25, 0.3) is 0 Å². The van der Waals surface area contributed by atoms with Crippen molar-refractivity contribution in [1.29, 1.82) is 0 Å². The van der Waals surface area contributed by atoms with E-state index in [4.69, 9.17) is 14.2 Å². The quantitative estimate of drug-likeness (QED) is 0.0200. The number of carbonyl (C=O) groups excluding carboxylic acids is 3. The van der Waals surface area contributed by atoms with Gasteiger partial charge in [0.2, 0.25) is 0 Å². The number of rotatable bonds is 45. The molecule has 1 unspecified atom stereocenters. The predicted molar refractivity (Wildman–Crippen MR) is 261 cm³/mol. The number of ether oxygens (including phenoxy) is 3. The lowest BCUT2D eigenvalue weighted by molar-refractivity contribution is -0.167. The molecule has 0 aromatic carbocycles. The van der Waals surface area contributed by atoms with E-state index in [0.29, 0.717) is 19.3 Å². The molecule has 0 rings (SSSR count). The first-order valence-corrected chi connectivity index (χ1v) is 25.5. The zero-order valence-corrected chi connectivity index (χ0v) is 39.9. The fourth-order valence-corrected chi connectivity index (χ4v) is 6.93. The van der Waals surface area contributed by atoms with E-state index < -0.39 is 6.10 Å². The number of hydrogen-bond donors (Lipinski definition) is 0. The Bertz CT molecular complexity index is 1160. The lowest BCUT2D eigenvalue weighted by Gasteiger charge is -2.18. The molecule has 0 aliphatic heterocycles. The van der Waals surface area contributed by atoms with E-state index in [-0.39, 0.29) is 37.5 Å². The van der Waals surface area contributed by atoms with E-state index in [1.165, 1.54) is 109 Å². The number of hydrogen-bond acceptors (Lipinski definition) is 6. The number of carbonyl (C=O) groups is 3. The molecular formula is C55H94O6. The van der Waals surface area contributed by atoms with Gasteiger partial charge in [-0.15, -0.1) is 0 Å². The topological polar surface area (TPSA) is 78.9 Å². The highest BCUT2D eigenvalue weighted by Crippen LogP contribution is 2.14. The third kappa shape index (κ3) is 47.7. The molecule has 6 heteroatoms. The lowest BCUT2D eigenvalue weighted by Crippen LogP contribution is -2.30. The van der Waals surface area contributed by atoms with Gasteiger partial charge < -0.3 is 14.2 Å². The van der Waals surface area contributed by atoms with Crippen LogP contribution in [0.2, 0.25) is 0 Å². The van der Waals surface area contributed by atoms with Crippen LogP contribution in [-0.4, -0.2) is 37.2 Å². The molecule has 6 nitrogen and oxygen atoms in total. The Morgan fingerprint density at radius 3 is 1.20 bits per heavy atom. The predicted octanol–water partition coefficient (Wildman–Crippen LogP) is 16.6. The van der Waals surface area contributed by atoms with Crippen molar-refractivity contribution in [3.8, 4) is 0 Å². The minimum absolute atomic E-state index is 0.0981. The summed E-state index contributed by atoms with van der Waals surface area (Å²) in [6, 6.07) is 0. The summed E-state index contributed by atoms with van der Waals surface area (Å²) in [6.45, 7) is 6.44. The molecule has 0 saturated carbocycles. The number of esters is 3. The van der Waals surface area contributed by atoms with E-state index >= 15 is 0 Å². The van der Waals surface area contributed by atoms with Crippen molar-refractivity contribution in [2.24, 2.45) is 0 Å². The molecule has 0 N–H and O–H groups in total. The summed E-state index contributed by atoms with van der Waals surface area (Å²) in [4.78, 5) is 37.9. The van der Waals surface area contributed by atoms with E-state index in [2.05, 4.69) is 93.7 Å². The van der Waals surface area contributed by atoms with Gasteiger partial charge in [0.1, 0.15) is 13.2 Å². The van der Waals surface area contributed by atoms with Gasteiger partial charge in [-0.25, -0.2) is 0 Å². The maximum absolute atomic E-state index is 12.8. The molecule has 0 aromatic heterocycles. The van der Waals surface area contributed by atoms with Gasteiger partial charge in [0.15, 0.2) is 6.10 Å². The Labute approximate surface area is 376 Å². The summed E-state index contributed by atoms with van der Waals surface area (Å²) in [7, 11) is 0. The van der Waals surface area contributed by atoms with Gasteiger partial charge in [0.05, 0.1) is 0 Å². The maximum Gasteiger partial charge on any atom is 0.306 e. The van der Waals surface area contributed by atoms with Crippen LogP contribution in [0.5, 0.6) is 0 Å². The van der Waals surface area contributed by atoms with Crippen LogP contribution in [0.4, 0.5) is 0 Å². The van der Waals surface area contributed by atoms with E-state index in [1.54, 1.807) is 0 Å². The fourth-order valence-electron chi connectivity index (χ4n) is 6.93. The Kier molecular flexibility index (Phi) is 46.9. The standard InChI is InChI=1S/C55H94O6/c1-4-7-10-13-16-19-22-25-26-27-28-31-33-36-39-42-45-48-54(57)60-51-52(61-55(58)49-46-43-40-37-34-30-24-21-18-15-12-9-6-3)50-59-53(56)47-44-41-38-35-32-29-23-20-17-14-11-8-5-2/h9,12,15,18,21,24-26,28,31,36,39,52H,4-8,10-11,13-14,16-17,19-20,22-23,27,29-30,32-35,37-38,40-51H2,1-3H3/b12-9+,18-15+,24-21+,26-25+,31-28+,39-36+. The zero-order valence-electron chi connectivity index (χ0n) is 39.9. The maximum atomic E-state index is 12.8. The van der Waals surface area contributed by atoms with Gasteiger partial charge >= 0.3 is 17.9 Å². The molecule has 0 bridgehead atoms. The molecule has 1 atom stereocenters. The third-order valence-corrected chi connectivity index (χ3v) is 10.8. The average molecular weight is 851 g/mol. The van der Waals surface area contributed by atoms with E-state index in [9.17, 15) is 14.4 Å². The van der Waals surface area contributed by atoms with Crippen LogP contribution in [0.3, 0.4) is 0 Å². The molecule has 0 radical (unpaired) electrons. The molecule has 0 aliphatic rings. The monoisotopic (exact) mass is 851 g/mol. The molecule has 0 aliphatic carbocycles. The molecule has 350 valence electrons. The minimum Gasteiger partial charge on any atom is -0.462 e. The van der Waals surface area contributed by atoms with Crippen molar-refractivity contribution in [2.45, 2.75) is 245 Å². The fraction of sp³-hybridized carbons (Fsp3) is 0.727. The van der Waals surface area contributed by atoms with Crippen LogP contribution in [0.25, 0.3) is 0 Å². The normalized spacial score (nSPS) is 12.6. The highest BCUT2D eigenvalue weighted by atomic mass is 16.6. The van der Waals surface area contributed by atoms with Crippen molar-refractivity contribution in [2.75, 3.05) is 13.2 Å². The lowest BCUT2D eigenvalue weighted by atomic mass is 10.0. The van der Waals surface area contributed by atoms with Crippen molar-refractivity contribution >= 4 is 17.9 Å². The van der Waals surface area contributed by atoms with Crippen LogP contribution in [0.1, 0.15) is 239 Å². The second-order valence-corrected chi connectivity index (χ2v) is 16.8. The number of allylic oxidation sites excluding steroid dienone is 12. The molecular weight excluding hydrogens is 757 g/mol.